The van der Waals surface area contributed by atoms with Gasteiger partial charge in [-0.15, -0.1) is 0 Å². The first-order chi connectivity index (χ1) is 12.7. The Morgan fingerprint density at radius 3 is 1.56 bits per heavy atom. The summed E-state index contributed by atoms with van der Waals surface area (Å²) >= 11 is 0. The number of aliphatic hydroxyl groups excluding tert-OH is 1. The molecule has 0 saturated carbocycles. The van der Waals surface area contributed by atoms with E-state index >= 15 is 0 Å². The highest BCUT2D eigenvalue weighted by Crippen LogP contribution is 2.36. The van der Waals surface area contributed by atoms with Gasteiger partial charge < -0.3 is 9.84 Å². The van der Waals surface area contributed by atoms with E-state index in [0.717, 1.165) is 77.4 Å². The predicted octanol–water partition coefficient (Wildman–Crippen LogP) is 5.38. The molecule has 27 heavy (non-hydrogen) atoms. The third kappa shape index (κ3) is 11.5. The van der Waals surface area contributed by atoms with Gasteiger partial charge in [0.05, 0.1) is 5.75 Å². The van der Waals surface area contributed by atoms with Crippen molar-refractivity contribution in [2.75, 3.05) is 31.8 Å². The largest absolute Gasteiger partial charge is 0.396 e. The van der Waals surface area contributed by atoms with E-state index in [0.29, 0.717) is 11.2 Å². The van der Waals surface area contributed by atoms with Crippen molar-refractivity contribution in [3.05, 3.63) is 0 Å². The molecule has 0 rings (SSSR count). The minimum Gasteiger partial charge on any atom is -0.396 e. The fourth-order valence-corrected chi connectivity index (χ4v) is 5.93. The molecule has 5 heteroatoms. The highest BCUT2D eigenvalue weighted by atomic mass is 32.2. The lowest BCUT2D eigenvalue weighted by atomic mass is 9.75. The molecule has 0 aliphatic carbocycles. The molecule has 0 unspecified atom stereocenters. The van der Waals surface area contributed by atoms with Crippen LogP contribution in [-0.2, 0) is 14.6 Å². The Balaban J connectivity index is 3.97. The van der Waals surface area contributed by atoms with E-state index in [9.17, 15) is 13.5 Å². The first-order valence-electron chi connectivity index (χ1n) is 11.1. The SMILES string of the molecule is CCC(CC)(CCO)CCCCOCCCCC(CC)(CC)CS(C)(=O)=O. The average Bonchev–Trinajstić information content (AvgIpc) is 2.63. The maximum Gasteiger partial charge on any atom is 0.148 e. The van der Waals surface area contributed by atoms with Gasteiger partial charge in [-0.25, -0.2) is 8.42 Å². The van der Waals surface area contributed by atoms with E-state index in [2.05, 4.69) is 27.7 Å². The summed E-state index contributed by atoms with van der Waals surface area (Å²) in [4.78, 5) is 0. The van der Waals surface area contributed by atoms with Gasteiger partial charge in [-0.05, 0) is 55.8 Å². The summed E-state index contributed by atoms with van der Waals surface area (Å²) in [5.41, 5.74) is 0.238. The standard InChI is InChI=1S/C22H46O4S/c1-6-21(7-2,16-17-23)14-10-12-18-26-19-13-11-15-22(8-3,9-4)20-27(5,24)25/h23H,6-20H2,1-5H3. The van der Waals surface area contributed by atoms with Crippen molar-refractivity contribution in [2.45, 2.75) is 98.3 Å². The van der Waals surface area contributed by atoms with Crippen LogP contribution in [0.4, 0.5) is 0 Å². The van der Waals surface area contributed by atoms with Crippen molar-refractivity contribution >= 4 is 9.84 Å². The van der Waals surface area contributed by atoms with Crippen LogP contribution in [0.1, 0.15) is 98.3 Å². The van der Waals surface area contributed by atoms with Crippen LogP contribution in [-0.4, -0.2) is 45.4 Å². The van der Waals surface area contributed by atoms with Crippen molar-refractivity contribution in [1.82, 2.24) is 0 Å². The Bertz CT molecular complexity index is 451. The van der Waals surface area contributed by atoms with Crippen LogP contribution < -0.4 is 0 Å². The van der Waals surface area contributed by atoms with Gasteiger partial charge in [0.25, 0.3) is 0 Å². The summed E-state index contributed by atoms with van der Waals surface area (Å²) in [6, 6.07) is 0. The maximum atomic E-state index is 11.7. The van der Waals surface area contributed by atoms with E-state index in [1.54, 1.807) is 0 Å². The molecule has 4 nitrogen and oxygen atoms in total. The Morgan fingerprint density at radius 2 is 1.19 bits per heavy atom. The molecule has 1 N–H and O–H groups in total. The molecule has 0 aliphatic heterocycles. The minimum absolute atomic E-state index is 0.0656. The van der Waals surface area contributed by atoms with E-state index in [4.69, 9.17) is 4.74 Å². The van der Waals surface area contributed by atoms with Crippen molar-refractivity contribution in [3.63, 3.8) is 0 Å². The van der Waals surface area contributed by atoms with E-state index in [1.807, 2.05) is 0 Å². The normalized spacial score (nSPS) is 13.3. The van der Waals surface area contributed by atoms with Gasteiger partial charge in [0.15, 0.2) is 0 Å². The molecule has 0 aromatic carbocycles. The van der Waals surface area contributed by atoms with Crippen molar-refractivity contribution in [1.29, 1.82) is 0 Å². The highest BCUT2D eigenvalue weighted by Gasteiger charge is 2.29. The highest BCUT2D eigenvalue weighted by molar-refractivity contribution is 7.90. The summed E-state index contributed by atoms with van der Waals surface area (Å²) < 4.78 is 29.2. The molecule has 0 fully saturated rings. The Kier molecular flexibility index (Phi) is 13.9. The zero-order valence-electron chi connectivity index (χ0n) is 18.7. The Morgan fingerprint density at radius 1 is 0.741 bits per heavy atom. The molecular formula is C22H46O4S. The van der Waals surface area contributed by atoms with Crippen molar-refractivity contribution < 1.29 is 18.3 Å². The second-order valence-corrected chi connectivity index (χ2v) is 10.6. The van der Waals surface area contributed by atoms with E-state index in [1.165, 1.54) is 12.7 Å². The van der Waals surface area contributed by atoms with Gasteiger partial charge >= 0.3 is 0 Å². The predicted molar refractivity (Wildman–Crippen MR) is 116 cm³/mol. The van der Waals surface area contributed by atoms with Crippen LogP contribution in [0.25, 0.3) is 0 Å². The lowest BCUT2D eigenvalue weighted by Crippen LogP contribution is -2.28. The molecule has 0 aromatic rings. The number of rotatable bonds is 18. The monoisotopic (exact) mass is 406 g/mol. The summed E-state index contributed by atoms with van der Waals surface area (Å²) in [5.74, 6) is 0.304. The maximum absolute atomic E-state index is 11.7. The molecule has 0 heterocycles. The minimum atomic E-state index is -2.93. The molecule has 0 atom stereocenters. The van der Waals surface area contributed by atoms with Crippen molar-refractivity contribution in [2.24, 2.45) is 10.8 Å². The Hall–Kier alpha value is -0.130. The summed E-state index contributed by atoms with van der Waals surface area (Å²) in [6.07, 6.45) is 12.8. The average molecular weight is 407 g/mol. The number of ether oxygens (including phenoxy) is 1. The van der Waals surface area contributed by atoms with Gasteiger partial charge in [0, 0.05) is 26.1 Å². The van der Waals surface area contributed by atoms with Gasteiger partial charge in [-0.1, -0.05) is 53.4 Å². The summed E-state index contributed by atoms with van der Waals surface area (Å²) in [7, 11) is -2.93. The molecule has 0 aromatic heterocycles. The second kappa shape index (κ2) is 13.9. The van der Waals surface area contributed by atoms with Crippen LogP contribution in [0.2, 0.25) is 0 Å². The zero-order chi connectivity index (χ0) is 20.8. The fourth-order valence-electron chi connectivity index (χ4n) is 4.27. The number of hydrogen-bond acceptors (Lipinski definition) is 4. The molecule has 164 valence electrons. The third-order valence-electron chi connectivity index (χ3n) is 6.70. The zero-order valence-corrected chi connectivity index (χ0v) is 19.5. The fraction of sp³-hybridized carbons (Fsp3) is 1.00. The van der Waals surface area contributed by atoms with Gasteiger partial charge in [-0.2, -0.15) is 0 Å². The second-order valence-electron chi connectivity index (χ2n) is 8.48. The molecule has 0 radical (unpaired) electrons. The number of aliphatic hydroxyl groups is 1. The number of unbranched alkanes of at least 4 members (excludes halogenated alkanes) is 2. The van der Waals surface area contributed by atoms with Crippen LogP contribution >= 0.6 is 0 Å². The molecule has 0 spiro atoms. The van der Waals surface area contributed by atoms with Crippen LogP contribution in [0.3, 0.4) is 0 Å². The van der Waals surface area contributed by atoms with Gasteiger partial charge in [0.2, 0.25) is 0 Å². The van der Waals surface area contributed by atoms with Gasteiger partial charge in [-0.3, -0.25) is 0 Å². The molecular weight excluding hydrogens is 360 g/mol. The summed E-state index contributed by atoms with van der Waals surface area (Å²) in [5, 5.41) is 9.28. The van der Waals surface area contributed by atoms with Crippen LogP contribution in [0.15, 0.2) is 0 Å². The lowest BCUT2D eigenvalue weighted by molar-refractivity contribution is 0.112. The molecule has 0 amide bonds. The van der Waals surface area contributed by atoms with Crippen LogP contribution in [0.5, 0.6) is 0 Å². The van der Waals surface area contributed by atoms with E-state index < -0.39 is 9.84 Å². The smallest absolute Gasteiger partial charge is 0.148 e. The topological polar surface area (TPSA) is 63.6 Å². The third-order valence-corrected chi connectivity index (χ3v) is 7.84. The number of sulfone groups is 1. The van der Waals surface area contributed by atoms with Gasteiger partial charge in [0.1, 0.15) is 9.84 Å². The molecule has 0 bridgehead atoms. The Labute approximate surface area is 169 Å². The van der Waals surface area contributed by atoms with Crippen molar-refractivity contribution in [3.8, 4) is 0 Å². The first kappa shape index (κ1) is 26.9. The quantitative estimate of drug-likeness (QED) is 0.310. The summed E-state index contributed by atoms with van der Waals surface area (Å²) in [6.45, 7) is 10.5. The van der Waals surface area contributed by atoms with E-state index in [-0.39, 0.29) is 12.0 Å². The number of hydrogen-bond donors (Lipinski definition) is 1. The lowest BCUT2D eigenvalue weighted by Gasteiger charge is -2.31. The molecule has 0 saturated heterocycles. The first-order valence-corrected chi connectivity index (χ1v) is 13.1. The van der Waals surface area contributed by atoms with Crippen LogP contribution in [0, 0.1) is 10.8 Å². The molecule has 0 aliphatic rings.